The van der Waals surface area contributed by atoms with E-state index in [1.54, 1.807) is 18.2 Å². The summed E-state index contributed by atoms with van der Waals surface area (Å²) >= 11 is 11.7. The Balaban J connectivity index is 2.05. The maximum atomic E-state index is 12.2. The average Bonchev–Trinajstić information content (AvgIpc) is 2.40. The lowest BCUT2D eigenvalue weighted by atomic mass is 10.1. The normalized spacial score (nSPS) is 12.3. The molecule has 2 aromatic rings. The minimum atomic E-state index is -1.11. The smallest absolute Gasteiger partial charge is 0.0604 e. The molecule has 0 aliphatic rings. The van der Waals surface area contributed by atoms with Gasteiger partial charge in [0.2, 0.25) is 0 Å². The monoisotopic (exact) mass is 313 g/mol. The third-order valence-electron chi connectivity index (χ3n) is 2.77. The summed E-state index contributed by atoms with van der Waals surface area (Å²) in [4.78, 5) is 0.684. The van der Waals surface area contributed by atoms with Crippen molar-refractivity contribution >= 4 is 39.7 Å². The number of hydrogen-bond acceptors (Lipinski definition) is 2. The lowest BCUT2D eigenvalue weighted by molar-refractivity contribution is 0.682. The molecule has 2 aromatic carbocycles. The number of nitrogen functional groups attached to an aromatic ring is 1. The van der Waals surface area contributed by atoms with E-state index in [0.29, 0.717) is 27.1 Å². The molecule has 0 spiro atoms. The molecule has 0 fully saturated rings. The predicted octanol–water partition coefficient (Wildman–Crippen LogP) is 3.93. The van der Waals surface area contributed by atoms with Crippen LogP contribution in [0.3, 0.4) is 0 Å². The second-order valence-corrected chi connectivity index (χ2v) is 6.46. The van der Waals surface area contributed by atoms with Gasteiger partial charge in [-0.1, -0.05) is 41.4 Å². The first-order valence-corrected chi connectivity index (χ1v) is 7.82. The van der Waals surface area contributed by atoms with Crippen LogP contribution in [0.5, 0.6) is 0 Å². The quantitative estimate of drug-likeness (QED) is 0.869. The summed E-state index contributed by atoms with van der Waals surface area (Å²) < 4.78 is 12.2. The van der Waals surface area contributed by atoms with E-state index in [2.05, 4.69) is 0 Å². The molecule has 100 valence electrons. The van der Waals surface area contributed by atoms with Gasteiger partial charge >= 0.3 is 0 Å². The molecular formula is C14H13Cl2NOS. The molecule has 0 bridgehead atoms. The van der Waals surface area contributed by atoms with Crippen molar-refractivity contribution < 1.29 is 4.21 Å². The molecule has 1 unspecified atom stereocenters. The van der Waals surface area contributed by atoms with Crippen molar-refractivity contribution in [2.75, 3.05) is 11.5 Å². The topological polar surface area (TPSA) is 43.1 Å². The van der Waals surface area contributed by atoms with Crippen molar-refractivity contribution in [1.29, 1.82) is 0 Å². The minimum Gasteiger partial charge on any atom is -0.399 e. The largest absolute Gasteiger partial charge is 0.399 e. The SMILES string of the molecule is Nc1ccccc1CCS(=O)c1ccc(Cl)c(Cl)c1. The number of anilines is 1. The molecule has 2 rings (SSSR count). The zero-order valence-corrected chi connectivity index (χ0v) is 12.4. The number of rotatable bonds is 4. The van der Waals surface area contributed by atoms with E-state index in [-0.39, 0.29) is 0 Å². The maximum Gasteiger partial charge on any atom is 0.0604 e. The molecule has 2 N–H and O–H groups in total. The molecule has 0 saturated carbocycles. The average molecular weight is 314 g/mol. The fraction of sp³-hybridized carbons (Fsp3) is 0.143. The Bertz CT molecular complexity index is 616. The zero-order valence-electron chi connectivity index (χ0n) is 10.1. The van der Waals surface area contributed by atoms with Gasteiger partial charge in [-0.05, 0) is 36.2 Å². The van der Waals surface area contributed by atoms with Crippen molar-refractivity contribution in [3.8, 4) is 0 Å². The number of para-hydroxylation sites is 1. The van der Waals surface area contributed by atoms with Crippen LogP contribution >= 0.6 is 23.2 Å². The molecule has 0 heterocycles. The standard InChI is InChI=1S/C14H13Cl2NOS/c15-12-6-5-11(9-13(12)16)19(18)8-7-10-3-1-2-4-14(10)17/h1-6,9H,7-8,17H2. The molecule has 19 heavy (non-hydrogen) atoms. The van der Waals surface area contributed by atoms with Gasteiger partial charge in [0, 0.05) is 16.3 Å². The van der Waals surface area contributed by atoms with Crippen LogP contribution in [0.15, 0.2) is 47.4 Å². The molecule has 0 aliphatic carbocycles. The van der Waals surface area contributed by atoms with Gasteiger partial charge in [-0.15, -0.1) is 0 Å². The second-order valence-electron chi connectivity index (χ2n) is 4.07. The Kier molecular flexibility index (Phi) is 4.86. The van der Waals surface area contributed by atoms with E-state index in [0.717, 1.165) is 11.3 Å². The van der Waals surface area contributed by atoms with E-state index >= 15 is 0 Å². The molecule has 1 atom stereocenters. The molecule has 0 aliphatic heterocycles. The van der Waals surface area contributed by atoms with Crippen molar-refractivity contribution in [2.24, 2.45) is 0 Å². The highest BCUT2D eigenvalue weighted by Crippen LogP contribution is 2.24. The summed E-state index contributed by atoms with van der Waals surface area (Å²) in [5, 5.41) is 0.890. The number of nitrogens with two attached hydrogens (primary N) is 1. The Morgan fingerprint density at radius 2 is 1.79 bits per heavy atom. The van der Waals surface area contributed by atoms with E-state index in [1.807, 2.05) is 24.3 Å². The molecule has 2 nitrogen and oxygen atoms in total. The van der Waals surface area contributed by atoms with Crippen LogP contribution in [0.2, 0.25) is 10.0 Å². The summed E-state index contributed by atoms with van der Waals surface area (Å²) in [6.45, 7) is 0. The lowest BCUT2D eigenvalue weighted by Gasteiger charge is -2.06. The first-order valence-electron chi connectivity index (χ1n) is 5.75. The third-order valence-corrected chi connectivity index (χ3v) is 4.86. The summed E-state index contributed by atoms with van der Waals surface area (Å²) in [6.07, 6.45) is 0.666. The lowest BCUT2D eigenvalue weighted by Crippen LogP contribution is -2.03. The van der Waals surface area contributed by atoms with Crippen LogP contribution < -0.4 is 5.73 Å². The Morgan fingerprint density at radius 3 is 2.47 bits per heavy atom. The first kappa shape index (κ1) is 14.4. The van der Waals surface area contributed by atoms with Gasteiger partial charge in [-0.25, -0.2) is 0 Å². The number of hydrogen-bond donors (Lipinski definition) is 1. The highest BCUT2D eigenvalue weighted by molar-refractivity contribution is 7.85. The van der Waals surface area contributed by atoms with Gasteiger partial charge < -0.3 is 5.73 Å². The number of aryl methyl sites for hydroxylation is 1. The van der Waals surface area contributed by atoms with Crippen molar-refractivity contribution in [3.05, 3.63) is 58.1 Å². The fourth-order valence-electron chi connectivity index (χ4n) is 1.70. The Hall–Kier alpha value is -1.03. The highest BCUT2D eigenvalue weighted by Gasteiger charge is 2.08. The molecular weight excluding hydrogens is 301 g/mol. The third kappa shape index (κ3) is 3.72. The van der Waals surface area contributed by atoms with E-state index in [9.17, 15) is 4.21 Å². The summed E-state index contributed by atoms with van der Waals surface area (Å²) in [7, 11) is -1.11. The van der Waals surface area contributed by atoms with Gasteiger partial charge in [0.1, 0.15) is 0 Å². The summed E-state index contributed by atoms with van der Waals surface area (Å²) in [5.74, 6) is 0.506. The fourth-order valence-corrected chi connectivity index (χ4v) is 3.17. The maximum absolute atomic E-state index is 12.2. The van der Waals surface area contributed by atoms with Crippen molar-refractivity contribution in [1.82, 2.24) is 0 Å². The van der Waals surface area contributed by atoms with Gasteiger partial charge in [0.05, 0.1) is 20.8 Å². The van der Waals surface area contributed by atoms with Crippen LogP contribution in [0.25, 0.3) is 0 Å². The predicted molar refractivity (Wildman–Crippen MR) is 82.3 cm³/mol. The number of benzene rings is 2. The van der Waals surface area contributed by atoms with Gasteiger partial charge in [-0.3, -0.25) is 4.21 Å². The summed E-state index contributed by atoms with van der Waals surface area (Å²) in [5.41, 5.74) is 7.59. The molecule has 0 amide bonds. The van der Waals surface area contributed by atoms with Crippen molar-refractivity contribution in [2.45, 2.75) is 11.3 Å². The second kappa shape index (κ2) is 6.42. The van der Waals surface area contributed by atoms with Crippen LogP contribution in [-0.2, 0) is 17.2 Å². The number of halogens is 2. The van der Waals surface area contributed by atoms with Crippen LogP contribution in [0.1, 0.15) is 5.56 Å². The van der Waals surface area contributed by atoms with E-state index in [1.165, 1.54) is 0 Å². The Morgan fingerprint density at radius 1 is 1.05 bits per heavy atom. The van der Waals surface area contributed by atoms with Gasteiger partial charge in [-0.2, -0.15) is 0 Å². The van der Waals surface area contributed by atoms with Crippen LogP contribution in [0, 0.1) is 0 Å². The Labute approximate surface area is 125 Å². The van der Waals surface area contributed by atoms with Gasteiger partial charge in [0.25, 0.3) is 0 Å². The molecule has 5 heteroatoms. The minimum absolute atomic E-state index is 0.423. The van der Waals surface area contributed by atoms with Crippen molar-refractivity contribution in [3.63, 3.8) is 0 Å². The summed E-state index contributed by atoms with van der Waals surface area (Å²) in [6, 6.07) is 12.6. The molecule has 0 saturated heterocycles. The molecule has 0 radical (unpaired) electrons. The van der Waals surface area contributed by atoms with Crippen LogP contribution in [-0.4, -0.2) is 9.96 Å². The van der Waals surface area contributed by atoms with E-state index < -0.39 is 10.8 Å². The van der Waals surface area contributed by atoms with Crippen LogP contribution in [0.4, 0.5) is 5.69 Å². The molecule has 0 aromatic heterocycles. The highest BCUT2D eigenvalue weighted by atomic mass is 35.5. The first-order chi connectivity index (χ1) is 9.08. The van der Waals surface area contributed by atoms with E-state index in [4.69, 9.17) is 28.9 Å². The zero-order chi connectivity index (χ0) is 13.8. The van der Waals surface area contributed by atoms with Gasteiger partial charge in [0.15, 0.2) is 0 Å².